The molecular weight excluding hydrogens is 174 g/mol. The van der Waals surface area contributed by atoms with E-state index in [4.69, 9.17) is 5.73 Å². The molecule has 2 N–H and O–H groups in total. The van der Waals surface area contributed by atoms with Crippen molar-refractivity contribution in [3.8, 4) is 0 Å². The Balaban J connectivity index is 2.84. The van der Waals surface area contributed by atoms with Crippen LogP contribution < -0.4 is 5.73 Å². The first-order valence-electron chi connectivity index (χ1n) is 4.96. The first kappa shape index (κ1) is 10.9. The summed E-state index contributed by atoms with van der Waals surface area (Å²) >= 11 is 0. The molecule has 1 aromatic carbocycles. The molecule has 0 saturated heterocycles. The molecule has 0 fully saturated rings. The van der Waals surface area contributed by atoms with Crippen molar-refractivity contribution in [2.45, 2.75) is 26.7 Å². The van der Waals surface area contributed by atoms with E-state index in [1.54, 1.807) is 0 Å². The van der Waals surface area contributed by atoms with Gasteiger partial charge in [0, 0.05) is 12.0 Å². The minimum Gasteiger partial charge on any atom is -0.330 e. The Morgan fingerprint density at radius 2 is 2.07 bits per heavy atom. The van der Waals surface area contributed by atoms with Crippen molar-refractivity contribution in [3.63, 3.8) is 0 Å². The molecule has 0 aliphatic carbocycles. The van der Waals surface area contributed by atoms with Gasteiger partial charge in [-0.2, -0.15) is 0 Å². The van der Waals surface area contributed by atoms with E-state index in [1.165, 1.54) is 5.56 Å². The van der Waals surface area contributed by atoms with Gasteiger partial charge >= 0.3 is 0 Å². The molecule has 2 nitrogen and oxygen atoms in total. The van der Waals surface area contributed by atoms with Gasteiger partial charge in [0.05, 0.1) is 0 Å². The Kier molecular flexibility index (Phi) is 3.84. The zero-order chi connectivity index (χ0) is 10.6. The van der Waals surface area contributed by atoms with E-state index in [2.05, 4.69) is 0 Å². The lowest BCUT2D eigenvalue weighted by Gasteiger charge is -2.06. The average molecular weight is 191 g/mol. The highest BCUT2D eigenvalue weighted by molar-refractivity contribution is 5.97. The second-order valence-corrected chi connectivity index (χ2v) is 3.56. The Hall–Kier alpha value is -1.15. The summed E-state index contributed by atoms with van der Waals surface area (Å²) in [6, 6.07) is 5.84. The summed E-state index contributed by atoms with van der Waals surface area (Å²) in [6.07, 6.45) is 1.33. The lowest BCUT2D eigenvalue weighted by Crippen LogP contribution is -2.06. The highest BCUT2D eigenvalue weighted by Crippen LogP contribution is 2.14. The van der Waals surface area contributed by atoms with E-state index in [-0.39, 0.29) is 5.78 Å². The third kappa shape index (κ3) is 2.42. The van der Waals surface area contributed by atoms with Crippen LogP contribution in [-0.4, -0.2) is 12.3 Å². The third-order valence-corrected chi connectivity index (χ3v) is 2.51. The smallest absolute Gasteiger partial charge is 0.163 e. The van der Waals surface area contributed by atoms with E-state index in [0.717, 1.165) is 17.5 Å². The van der Waals surface area contributed by atoms with Crippen LogP contribution in [0, 0.1) is 13.8 Å². The van der Waals surface area contributed by atoms with Gasteiger partial charge in [0.25, 0.3) is 0 Å². The highest BCUT2D eigenvalue weighted by atomic mass is 16.1. The number of hydrogen-bond acceptors (Lipinski definition) is 2. The maximum Gasteiger partial charge on any atom is 0.163 e. The molecule has 0 aliphatic rings. The van der Waals surface area contributed by atoms with E-state index in [9.17, 15) is 4.79 Å². The molecule has 1 rings (SSSR count). The maximum atomic E-state index is 11.7. The normalized spacial score (nSPS) is 10.2. The monoisotopic (exact) mass is 191 g/mol. The predicted octanol–water partition coefficient (Wildman–Crippen LogP) is 2.23. The number of carbonyl (C=O) groups excluding carboxylic acids is 1. The fourth-order valence-electron chi connectivity index (χ4n) is 1.45. The molecule has 0 amide bonds. The number of ketones is 1. The van der Waals surface area contributed by atoms with E-state index >= 15 is 0 Å². The van der Waals surface area contributed by atoms with Crippen molar-refractivity contribution >= 4 is 5.78 Å². The molecule has 1 aromatic rings. The number of aryl methyl sites for hydroxylation is 1. The summed E-state index contributed by atoms with van der Waals surface area (Å²) in [4.78, 5) is 11.7. The molecule has 0 atom stereocenters. The zero-order valence-electron chi connectivity index (χ0n) is 8.84. The molecule has 0 bridgehead atoms. The number of hydrogen-bond donors (Lipinski definition) is 1. The number of Topliss-reactive ketones (excluding diaryl/α,β-unsaturated/α-hetero) is 1. The van der Waals surface area contributed by atoms with Gasteiger partial charge in [-0.25, -0.2) is 0 Å². The van der Waals surface area contributed by atoms with E-state index < -0.39 is 0 Å². The molecule has 2 heteroatoms. The Bertz CT molecular complexity index is 331. The van der Waals surface area contributed by atoms with Crippen LogP contribution in [0.5, 0.6) is 0 Å². The van der Waals surface area contributed by atoms with Gasteiger partial charge < -0.3 is 5.73 Å². The Morgan fingerprint density at radius 1 is 1.36 bits per heavy atom. The maximum absolute atomic E-state index is 11.7. The first-order valence-corrected chi connectivity index (χ1v) is 4.96. The minimum absolute atomic E-state index is 0.205. The summed E-state index contributed by atoms with van der Waals surface area (Å²) in [5.74, 6) is 0.205. The molecule has 0 saturated carbocycles. The van der Waals surface area contributed by atoms with Gasteiger partial charge in [0.15, 0.2) is 5.78 Å². The first-order chi connectivity index (χ1) is 6.66. The van der Waals surface area contributed by atoms with Gasteiger partial charge in [-0.1, -0.05) is 18.2 Å². The van der Waals surface area contributed by atoms with Crippen molar-refractivity contribution in [2.24, 2.45) is 5.73 Å². The van der Waals surface area contributed by atoms with Crippen LogP contribution in [-0.2, 0) is 0 Å². The van der Waals surface area contributed by atoms with Gasteiger partial charge in [-0.3, -0.25) is 4.79 Å². The van der Waals surface area contributed by atoms with Crippen LogP contribution >= 0.6 is 0 Å². The highest BCUT2D eigenvalue weighted by Gasteiger charge is 2.08. The topological polar surface area (TPSA) is 43.1 Å². The number of rotatable bonds is 4. The van der Waals surface area contributed by atoms with Gasteiger partial charge in [0.2, 0.25) is 0 Å². The van der Waals surface area contributed by atoms with Crippen molar-refractivity contribution in [1.29, 1.82) is 0 Å². The molecule has 0 heterocycles. The molecule has 0 unspecified atom stereocenters. The van der Waals surface area contributed by atoms with Crippen molar-refractivity contribution in [3.05, 3.63) is 34.9 Å². The summed E-state index contributed by atoms with van der Waals surface area (Å²) < 4.78 is 0. The Labute approximate surface area is 85.1 Å². The number of nitrogens with two attached hydrogens (primary N) is 1. The van der Waals surface area contributed by atoms with E-state index in [1.807, 2.05) is 32.0 Å². The quantitative estimate of drug-likeness (QED) is 0.741. The number of benzene rings is 1. The van der Waals surface area contributed by atoms with Crippen LogP contribution in [0.2, 0.25) is 0 Å². The summed E-state index contributed by atoms with van der Waals surface area (Å²) in [5, 5.41) is 0. The fourth-order valence-corrected chi connectivity index (χ4v) is 1.45. The third-order valence-electron chi connectivity index (χ3n) is 2.51. The Morgan fingerprint density at radius 3 is 2.71 bits per heavy atom. The molecular formula is C12H17NO. The minimum atomic E-state index is 0.205. The zero-order valence-corrected chi connectivity index (χ0v) is 8.84. The second kappa shape index (κ2) is 4.91. The van der Waals surface area contributed by atoms with Crippen LogP contribution in [0.4, 0.5) is 0 Å². The largest absolute Gasteiger partial charge is 0.330 e. The molecule has 0 radical (unpaired) electrons. The summed E-state index contributed by atoms with van der Waals surface area (Å²) in [5.41, 5.74) is 8.48. The standard InChI is InChI=1S/C12H17NO/c1-9-5-3-6-11(10(9)2)12(14)7-4-8-13/h3,5-6H,4,7-8,13H2,1-2H3. The molecule has 0 aromatic heterocycles. The van der Waals surface area contributed by atoms with Gasteiger partial charge in [0.1, 0.15) is 0 Å². The van der Waals surface area contributed by atoms with Crippen LogP contribution in [0.25, 0.3) is 0 Å². The van der Waals surface area contributed by atoms with E-state index in [0.29, 0.717) is 13.0 Å². The summed E-state index contributed by atoms with van der Waals surface area (Å²) in [7, 11) is 0. The summed E-state index contributed by atoms with van der Waals surface area (Å²) in [6.45, 7) is 4.59. The fraction of sp³-hybridized carbons (Fsp3) is 0.417. The van der Waals surface area contributed by atoms with Crippen LogP contribution in [0.1, 0.15) is 34.3 Å². The molecule has 0 aliphatic heterocycles. The van der Waals surface area contributed by atoms with Crippen molar-refractivity contribution in [2.75, 3.05) is 6.54 Å². The predicted molar refractivity (Wildman–Crippen MR) is 58.5 cm³/mol. The molecule has 76 valence electrons. The van der Waals surface area contributed by atoms with Crippen LogP contribution in [0.15, 0.2) is 18.2 Å². The van der Waals surface area contributed by atoms with Crippen molar-refractivity contribution in [1.82, 2.24) is 0 Å². The SMILES string of the molecule is Cc1cccc(C(=O)CCCN)c1C. The number of carbonyl (C=O) groups is 1. The lowest BCUT2D eigenvalue weighted by atomic mass is 9.98. The van der Waals surface area contributed by atoms with Gasteiger partial charge in [-0.15, -0.1) is 0 Å². The van der Waals surface area contributed by atoms with Gasteiger partial charge in [-0.05, 0) is 37.9 Å². The lowest BCUT2D eigenvalue weighted by molar-refractivity contribution is 0.0980. The molecule has 0 spiro atoms. The van der Waals surface area contributed by atoms with Crippen LogP contribution in [0.3, 0.4) is 0 Å². The average Bonchev–Trinajstić information content (AvgIpc) is 2.18. The van der Waals surface area contributed by atoms with Crippen molar-refractivity contribution < 1.29 is 4.79 Å². The second-order valence-electron chi connectivity index (χ2n) is 3.56. The molecule has 14 heavy (non-hydrogen) atoms.